The molecule has 6 nitrogen and oxygen atoms in total. The van der Waals surface area contributed by atoms with E-state index in [0.717, 1.165) is 45.2 Å². The topological polar surface area (TPSA) is 73.5 Å². The van der Waals surface area contributed by atoms with Crippen LogP contribution in [0.5, 0.6) is 0 Å². The largest absolute Gasteiger partial charge is 0.338 e. The second-order valence-corrected chi connectivity index (χ2v) is 5.41. The van der Waals surface area contributed by atoms with Crippen LogP contribution in [-0.4, -0.2) is 56.1 Å². The monoisotopic (exact) mass is 284 g/mol. The molecule has 3 amide bonds. The van der Waals surface area contributed by atoms with Crippen LogP contribution in [0.1, 0.15) is 39.0 Å². The van der Waals surface area contributed by atoms with E-state index in [4.69, 9.17) is 0 Å². The number of rotatable bonds is 6. The Morgan fingerprint density at radius 3 is 2.85 bits per heavy atom. The molecule has 0 radical (unpaired) electrons. The Morgan fingerprint density at radius 1 is 1.30 bits per heavy atom. The van der Waals surface area contributed by atoms with Gasteiger partial charge in [0.2, 0.25) is 5.91 Å². The summed E-state index contributed by atoms with van der Waals surface area (Å²) in [4.78, 5) is 25.3. The van der Waals surface area contributed by atoms with Crippen LogP contribution in [0.25, 0.3) is 0 Å². The van der Waals surface area contributed by atoms with Crippen LogP contribution in [-0.2, 0) is 4.79 Å². The molecular formula is C14H28N4O2. The Bertz CT molecular complexity index is 302. The van der Waals surface area contributed by atoms with Crippen molar-refractivity contribution in [1.29, 1.82) is 0 Å². The van der Waals surface area contributed by atoms with Crippen molar-refractivity contribution in [2.24, 2.45) is 0 Å². The number of imide groups is 1. The summed E-state index contributed by atoms with van der Waals surface area (Å²) in [5.74, 6) is -0.237. The summed E-state index contributed by atoms with van der Waals surface area (Å²) in [6.45, 7) is 4.98. The van der Waals surface area contributed by atoms with Crippen LogP contribution >= 0.6 is 0 Å². The van der Waals surface area contributed by atoms with Gasteiger partial charge in [-0.15, -0.1) is 0 Å². The number of nitrogens with one attached hydrogen (secondary N) is 3. The molecule has 1 fully saturated rings. The third kappa shape index (κ3) is 6.86. The predicted octanol–water partition coefficient (Wildman–Crippen LogP) is 0.686. The number of hydrogen-bond acceptors (Lipinski definition) is 4. The van der Waals surface area contributed by atoms with E-state index in [-0.39, 0.29) is 18.5 Å². The van der Waals surface area contributed by atoms with Gasteiger partial charge >= 0.3 is 6.03 Å². The van der Waals surface area contributed by atoms with Crippen molar-refractivity contribution in [2.45, 2.75) is 45.1 Å². The number of unbranched alkanes of at least 4 members (excludes halogenated alkanes) is 1. The molecule has 0 spiro atoms. The number of likely N-dealkylation sites (N-methyl/N-ethyl adjacent to an activating group) is 1. The SMILES string of the molecule is CCCCNC(=O)NC(=O)CN(C)C1CCCNCC1. The van der Waals surface area contributed by atoms with Crippen LogP contribution in [0.3, 0.4) is 0 Å². The first-order chi connectivity index (χ1) is 9.63. The molecule has 3 N–H and O–H groups in total. The summed E-state index contributed by atoms with van der Waals surface area (Å²) in [7, 11) is 1.95. The number of carbonyl (C=O) groups is 2. The molecule has 0 aromatic rings. The van der Waals surface area contributed by atoms with Gasteiger partial charge in [0.05, 0.1) is 6.54 Å². The molecule has 1 saturated heterocycles. The van der Waals surface area contributed by atoms with Crippen molar-refractivity contribution in [3.8, 4) is 0 Å². The molecule has 0 aromatic carbocycles. The van der Waals surface area contributed by atoms with Gasteiger partial charge in [-0.25, -0.2) is 4.79 Å². The zero-order valence-electron chi connectivity index (χ0n) is 12.7. The van der Waals surface area contributed by atoms with Crippen LogP contribution in [0.2, 0.25) is 0 Å². The number of carbonyl (C=O) groups excluding carboxylic acids is 2. The standard InChI is InChI=1S/C14H28N4O2/c1-3-4-9-16-14(20)17-13(19)11-18(2)12-6-5-8-15-10-7-12/h12,15H,3-11H2,1-2H3,(H2,16,17,19,20). The number of nitrogens with zero attached hydrogens (tertiary/aromatic N) is 1. The van der Waals surface area contributed by atoms with Crippen molar-refractivity contribution >= 4 is 11.9 Å². The maximum atomic E-state index is 11.8. The zero-order valence-corrected chi connectivity index (χ0v) is 12.7. The fraction of sp³-hybridized carbons (Fsp3) is 0.857. The molecule has 1 atom stereocenters. The summed E-state index contributed by atoms with van der Waals surface area (Å²) in [6.07, 6.45) is 5.23. The predicted molar refractivity (Wildman–Crippen MR) is 79.6 cm³/mol. The number of hydrogen-bond donors (Lipinski definition) is 3. The van der Waals surface area contributed by atoms with Crippen molar-refractivity contribution in [1.82, 2.24) is 20.9 Å². The minimum absolute atomic E-state index is 0.237. The summed E-state index contributed by atoms with van der Waals surface area (Å²) >= 11 is 0. The van der Waals surface area contributed by atoms with Crippen molar-refractivity contribution < 1.29 is 9.59 Å². The maximum Gasteiger partial charge on any atom is 0.321 e. The molecule has 1 aliphatic heterocycles. The van der Waals surface area contributed by atoms with Crippen LogP contribution in [0.4, 0.5) is 4.79 Å². The summed E-state index contributed by atoms with van der Waals surface area (Å²) < 4.78 is 0. The molecule has 116 valence electrons. The normalized spacial score (nSPS) is 19.4. The van der Waals surface area contributed by atoms with Crippen LogP contribution in [0, 0.1) is 0 Å². The lowest BCUT2D eigenvalue weighted by Crippen LogP contribution is -2.46. The lowest BCUT2D eigenvalue weighted by molar-refractivity contribution is -0.121. The second-order valence-electron chi connectivity index (χ2n) is 5.41. The van der Waals surface area contributed by atoms with Crippen LogP contribution < -0.4 is 16.0 Å². The molecule has 0 aromatic heterocycles. The maximum absolute atomic E-state index is 11.8. The van der Waals surface area contributed by atoms with Crippen molar-refractivity contribution in [3.05, 3.63) is 0 Å². The van der Waals surface area contributed by atoms with Crippen molar-refractivity contribution in [3.63, 3.8) is 0 Å². The quantitative estimate of drug-likeness (QED) is 0.627. The Kier molecular flexibility index (Phi) is 8.22. The molecule has 0 bridgehead atoms. The van der Waals surface area contributed by atoms with E-state index in [1.807, 2.05) is 11.9 Å². The van der Waals surface area contributed by atoms with Gasteiger partial charge in [0.25, 0.3) is 0 Å². The molecule has 0 saturated carbocycles. The first-order valence-electron chi connectivity index (χ1n) is 7.62. The summed E-state index contributed by atoms with van der Waals surface area (Å²) in [5, 5.41) is 8.41. The van der Waals surface area contributed by atoms with Gasteiger partial charge in [0.15, 0.2) is 0 Å². The first kappa shape index (κ1) is 16.9. The van der Waals surface area contributed by atoms with Gasteiger partial charge < -0.3 is 10.6 Å². The number of amides is 3. The van der Waals surface area contributed by atoms with Crippen LogP contribution in [0.15, 0.2) is 0 Å². The Hall–Kier alpha value is -1.14. The Balaban J connectivity index is 2.24. The molecule has 6 heteroatoms. The van der Waals surface area contributed by atoms with E-state index < -0.39 is 0 Å². The minimum Gasteiger partial charge on any atom is -0.338 e. The van der Waals surface area contributed by atoms with E-state index in [9.17, 15) is 9.59 Å². The molecule has 0 aliphatic carbocycles. The summed E-state index contributed by atoms with van der Waals surface area (Å²) in [5.41, 5.74) is 0. The third-order valence-corrected chi connectivity index (χ3v) is 3.63. The van der Waals surface area contributed by atoms with E-state index in [2.05, 4.69) is 22.9 Å². The van der Waals surface area contributed by atoms with Gasteiger partial charge in [-0.1, -0.05) is 13.3 Å². The molecule has 1 heterocycles. The smallest absolute Gasteiger partial charge is 0.321 e. The Labute approximate surface area is 121 Å². The van der Waals surface area contributed by atoms with E-state index in [1.54, 1.807) is 0 Å². The minimum atomic E-state index is -0.389. The fourth-order valence-corrected chi connectivity index (χ4v) is 2.39. The highest BCUT2D eigenvalue weighted by Crippen LogP contribution is 2.11. The van der Waals surface area contributed by atoms with Gasteiger partial charge in [-0.05, 0) is 45.8 Å². The Morgan fingerprint density at radius 2 is 2.10 bits per heavy atom. The molecular weight excluding hydrogens is 256 g/mol. The lowest BCUT2D eigenvalue weighted by Gasteiger charge is -2.25. The van der Waals surface area contributed by atoms with Crippen molar-refractivity contribution in [2.75, 3.05) is 33.2 Å². The average Bonchev–Trinajstić information content (AvgIpc) is 2.67. The highest BCUT2D eigenvalue weighted by atomic mass is 16.2. The number of urea groups is 1. The second kappa shape index (κ2) is 9.72. The zero-order chi connectivity index (χ0) is 14.8. The average molecular weight is 284 g/mol. The van der Waals surface area contributed by atoms with Gasteiger partial charge in [-0.2, -0.15) is 0 Å². The van der Waals surface area contributed by atoms with E-state index >= 15 is 0 Å². The fourth-order valence-electron chi connectivity index (χ4n) is 2.39. The van der Waals surface area contributed by atoms with E-state index in [1.165, 1.54) is 0 Å². The molecule has 1 unspecified atom stereocenters. The first-order valence-corrected chi connectivity index (χ1v) is 7.62. The van der Waals surface area contributed by atoms with Gasteiger partial charge in [0.1, 0.15) is 0 Å². The highest BCUT2D eigenvalue weighted by Gasteiger charge is 2.19. The molecule has 1 aliphatic rings. The lowest BCUT2D eigenvalue weighted by atomic mass is 10.1. The van der Waals surface area contributed by atoms with Gasteiger partial charge in [0, 0.05) is 12.6 Å². The summed E-state index contributed by atoms with van der Waals surface area (Å²) in [6, 6.07) is 0.0262. The van der Waals surface area contributed by atoms with Gasteiger partial charge in [-0.3, -0.25) is 15.0 Å². The third-order valence-electron chi connectivity index (χ3n) is 3.63. The van der Waals surface area contributed by atoms with E-state index in [0.29, 0.717) is 12.6 Å². The highest BCUT2D eigenvalue weighted by molar-refractivity contribution is 5.95. The molecule has 20 heavy (non-hydrogen) atoms. The molecule has 1 rings (SSSR count).